The summed E-state index contributed by atoms with van der Waals surface area (Å²) < 4.78 is 12.7. The third kappa shape index (κ3) is 3.20. The summed E-state index contributed by atoms with van der Waals surface area (Å²) in [5, 5.41) is 10.2. The number of aliphatic hydroxyl groups excluding tert-OH is 1. The van der Waals surface area contributed by atoms with Crippen molar-refractivity contribution < 1.29 is 14.6 Å². The van der Waals surface area contributed by atoms with Crippen LogP contribution >= 0.6 is 0 Å². The van der Waals surface area contributed by atoms with Crippen molar-refractivity contribution in [3.63, 3.8) is 0 Å². The van der Waals surface area contributed by atoms with Crippen LogP contribution in [0.5, 0.6) is 11.5 Å². The number of aromatic nitrogens is 2. The molecule has 114 valence electrons. The van der Waals surface area contributed by atoms with Gasteiger partial charge in [0.15, 0.2) is 0 Å². The van der Waals surface area contributed by atoms with Gasteiger partial charge in [0.1, 0.15) is 24.2 Å². The molecule has 0 spiro atoms. The Morgan fingerprint density at radius 1 is 1.14 bits per heavy atom. The molecule has 0 unspecified atom stereocenters. The van der Waals surface area contributed by atoms with Gasteiger partial charge in [-0.05, 0) is 24.3 Å². The first-order chi connectivity index (χ1) is 10.8. The molecule has 0 aliphatic heterocycles. The van der Waals surface area contributed by atoms with Gasteiger partial charge < -0.3 is 19.1 Å². The van der Waals surface area contributed by atoms with Crippen LogP contribution in [0.3, 0.4) is 0 Å². The maximum absolute atomic E-state index is 10.2. The largest absolute Gasteiger partial charge is 0.497 e. The minimum atomic E-state index is -0.621. The van der Waals surface area contributed by atoms with Crippen LogP contribution in [0.15, 0.2) is 54.9 Å². The predicted molar refractivity (Wildman–Crippen MR) is 84.2 cm³/mol. The van der Waals surface area contributed by atoms with Gasteiger partial charge in [-0.2, -0.15) is 0 Å². The quantitative estimate of drug-likeness (QED) is 0.759. The summed E-state index contributed by atoms with van der Waals surface area (Å²) in [6.07, 6.45) is 1.11. The van der Waals surface area contributed by atoms with Crippen LogP contribution in [0, 0.1) is 0 Å². The first-order valence-electron chi connectivity index (χ1n) is 7.11. The lowest BCUT2D eigenvalue weighted by atomic mass is 10.3. The lowest BCUT2D eigenvalue weighted by Crippen LogP contribution is -2.23. The molecule has 0 bridgehead atoms. The van der Waals surface area contributed by atoms with E-state index in [1.54, 1.807) is 19.5 Å². The van der Waals surface area contributed by atoms with Crippen molar-refractivity contribution in [1.29, 1.82) is 0 Å². The fraction of sp³-hybridized carbons (Fsp3) is 0.235. The highest BCUT2D eigenvalue weighted by molar-refractivity contribution is 5.74. The van der Waals surface area contributed by atoms with Crippen LogP contribution in [0.25, 0.3) is 11.0 Å². The minimum Gasteiger partial charge on any atom is -0.497 e. The highest BCUT2D eigenvalue weighted by Gasteiger charge is 2.09. The zero-order chi connectivity index (χ0) is 15.4. The van der Waals surface area contributed by atoms with Crippen LogP contribution < -0.4 is 9.47 Å². The average molecular weight is 298 g/mol. The Morgan fingerprint density at radius 2 is 1.95 bits per heavy atom. The molecule has 3 aromatic rings. The Bertz CT molecular complexity index is 754. The van der Waals surface area contributed by atoms with Crippen molar-refractivity contribution in [2.24, 2.45) is 0 Å². The number of nitrogens with zero attached hydrogens (tertiary/aromatic N) is 2. The van der Waals surface area contributed by atoms with Gasteiger partial charge in [-0.3, -0.25) is 0 Å². The topological polar surface area (TPSA) is 56.5 Å². The standard InChI is InChI=1S/C17H18N2O3/c1-21-14-5-4-6-15(9-14)22-11-13(20)10-19-12-18-16-7-2-3-8-17(16)19/h2-9,12-13,20H,10-11H2,1H3/t13-/m1/s1. The third-order valence-electron chi connectivity index (χ3n) is 3.42. The van der Waals surface area contributed by atoms with E-state index in [2.05, 4.69) is 4.98 Å². The second-order valence-corrected chi connectivity index (χ2v) is 5.03. The van der Waals surface area contributed by atoms with E-state index in [-0.39, 0.29) is 6.61 Å². The monoisotopic (exact) mass is 298 g/mol. The summed E-state index contributed by atoms with van der Waals surface area (Å²) in [5.41, 5.74) is 1.92. The lowest BCUT2D eigenvalue weighted by molar-refractivity contribution is 0.0933. The summed E-state index contributed by atoms with van der Waals surface area (Å²) in [5.74, 6) is 1.40. The Labute approximate surface area is 128 Å². The maximum atomic E-state index is 10.2. The number of methoxy groups -OCH3 is 1. The Balaban J connectivity index is 1.61. The second kappa shape index (κ2) is 6.49. The van der Waals surface area contributed by atoms with Crippen molar-refractivity contribution in [2.75, 3.05) is 13.7 Å². The van der Waals surface area contributed by atoms with Crippen LogP contribution in [0.2, 0.25) is 0 Å². The number of hydrogen-bond donors (Lipinski definition) is 1. The molecule has 5 nitrogen and oxygen atoms in total. The molecular weight excluding hydrogens is 280 g/mol. The van der Waals surface area contributed by atoms with Gasteiger partial charge in [0, 0.05) is 6.07 Å². The molecule has 0 fully saturated rings. The van der Waals surface area contributed by atoms with E-state index in [4.69, 9.17) is 9.47 Å². The van der Waals surface area contributed by atoms with E-state index in [0.717, 1.165) is 16.8 Å². The zero-order valence-electron chi connectivity index (χ0n) is 12.3. The van der Waals surface area contributed by atoms with Crippen LogP contribution in [0.1, 0.15) is 0 Å². The zero-order valence-corrected chi connectivity index (χ0v) is 12.3. The van der Waals surface area contributed by atoms with Gasteiger partial charge in [0.2, 0.25) is 0 Å². The fourth-order valence-electron chi connectivity index (χ4n) is 2.32. The summed E-state index contributed by atoms with van der Waals surface area (Å²) in [7, 11) is 1.61. The summed E-state index contributed by atoms with van der Waals surface area (Å²) in [6.45, 7) is 0.643. The van der Waals surface area contributed by atoms with Crippen LogP contribution in [-0.2, 0) is 6.54 Å². The number of fused-ring (bicyclic) bond motifs is 1. The number of ether oxygens (including phenoxy) is 2. The number of aliphatic hydroxyl groups is 1. The number of benzene rings is 2. The number of imidazole rings is 1. The lowest BCUT2D eigenvalue weighted by Gasteiger charge is -2.14. The highest BCUT2D eigenvalue weighted by Crippen LogP contribution is 2.19. The highest BCUT2D eigenvalue weighted by atomic mass is 16.5. The van der Waals surface area contributed by atoms with Crippen LogP contribution in [0.4, 0.5) is 0 Å². The molecule has 0 amide bonds. The van der Waals surface area contributed by atoms with E-state index in [0.29, 0.717) is 12.3 Å². The van der Waals surface area contributed by atoms with E-state index < -0.39 is 6.10 Å². The third-order valence-corrected chi connectivity index (χ3v) is 3.42. The van der Waals surface area contributed by atoms with Crippen molar-refractivity contribution in [1.82, 2.24) is 9.55 Å². The van der Waals surface area contributed by atoms with Crippen molar-refractivity contribution >= 4 is 11.0 Å². The van der Waals surface area contributed by atoms with Crippen molar-refractivity contribution in [2.45, 2.75) is 12.6 Å². The Morgan fingerprint density at radius 3 is 2.82 bits per heavy atom. The molecule has 1 aromatic heterocycles. The van der Waals surface area contributed by atoms with E-state index in [1.807, 2.05) is 47.0 Å². The molecule has 1 heterocycles. The number of hydrogen-bond acceptors (Lipinski definition) is 4. The first kappa shape index (κ1) is 14.4. The maximum Gasteiger partial charge on any atom is 0.123 e. The summed E-state index contributed by atoms with van der Waals surface area (Å²) in [4.78, 5) is 4.31. The molecule has 0 aliphatic carbocycles. The molecule has 2 aromatic carbocycles. The fourth-order valence-corrected chi connectivity index (χ4v) is 2.32. The normalized spacial score (nSPS) is 12.3. The van der Waals surface area contributed by atoms with Gasteiger partial charge in [-0.15, -0.1) is 0 Å². The molecule has 0 saturated heterocycles. The van der Waals surface area contributed by atoms with Crippen LogP contribution in [-0.4, -0.2) is 34.5 Å². The molecule has 0 saturated carbocycles. The second-order valence-electron chi connectivity index (χ2n) is 5.03. The molecule has 1 N–H and O–H groups in total. The van der Waals surface area contributed by atoms with Gasteiger partial charge in [0.25, 0.3) is 0 Å². The number of rotatable bonds is 6. The number of para-hydroxylation sites is 2. The SMILES string of the molecule is COc1cccc(OC[C@H](O)Cn2cnc3ccccc32)c1. The predicted octanol–water partition coefficient (Wildman–Crippen LogP) is 2.48. The van der Waals surface area contributed by atoms with Gasteiger partial charge in [-0.25, -0.2) is 4.98 Å². The molecule has 1 atom stereocenters. The molecule has 0 radical (unpaired) electrons. The van der Waals surface area contributed by atoms with E-state index in [9.17, 15) is 5.11 Å². The molecular formula is C17H18N2O3. The molecule has 22 heavy (non-hydrogen) atoms. The Hall–Kier alpha value is -2.53. The van der Waals surface area contributed by atoms with Crippen molar-refractivity contribution in [3.05, 3.63) is 54.9 Å². The molecule has 5 heteroatoms. The molecule has 3 rings (SSSR count). The van der Waals surface area contributed by atoms with Gasteiger partial charge >= 0.3 is 0 Å². The average Bonchev–Trinajstić information content (AvgIpc) is 2.96. The van der Waals surface area contributed by atoms with Gasteiger partial charge in [0.05, 0.1) is 31.0 Å². The molecule has 0 aliphatic rings. The Kier molecular flexibility index (Phi) is 4.25. The van der Waals surface area contributed by atoms with E-state index >= 15 is 0 Å². The van der Waals surface area contributed by atoms with E-state index in [1.165, 1.54) is 0 Å². The smallest absolute Gasteiger partial charge is 0.123 e. The van der Waals surface area contributed by atoms with Gasteiger partial charge in [-0.1, -0.05) is 18.2 Å². The van der Waals surface area contributed by atoms with Crippen molar-refractivity contribution in [3.8, 4) is 11.5 Å². The summed E-state index contributed by atoms with van der Waals surface area (Å²) >= 11 is 0. The summed E-state index contributed by atoms with van der Waals surface area (Å²) in [6, 6.07) is 15.2. The first-order valence-corrected chi connectivity index (χ1v) is 7.11. The minimum absolute atomic E-state index is 0.208.